The van der Waals surface area contributed by atoms with Crippen LogP contribution in [0.4, 0.5) is 0 Å². The number of allylic oxidation sites excluding steroid dienone is 4. The van der Waals surface area contributed by atoms with Crippen LogP contribution < -0.4 is 0 Å². The zero-order valence-electron chi connectivity index (χ0n) is 7.38. The van der Waals surface area contributed by atoms with Crippen molar-refractivity contribution in [1.29, 1.82) is 0 Å². The van der Waals surface area contributed by atoms with Gasteiger partial charge in [-0.05, 0) is 18.2 Å². The Morgan fingerprint density at radius 3 is 2.86 bits per heavy atom. The quantitative estimate of drug-likeness (QED) is 0.669. The first-order valence-electron chi connectivity index (χ1n) is 4.29. The van der Waals surface area contributed by atoms with Gasteiger partial charge in [-0.25, -0.2) is 0 Å². The van der Waals surface area contributed by atoms with Gasteiger partial charge in [-0.2, -0.15) is 0 Å². The van der Waals surface area contributed by atoms with Gasteiger partial charge in [0.1, 0.15) is 0 Å². The van der Waals surface area contributed by atoms with Crippen LogP contribution in [0.15, 0.2) is 48.4 Å². The first-order chi connectivity index (χ1) is 6.79. The fourth-order valence-corrected chi connectivity index (χ4v) is 1.37. The van der Waals surface area contributed by atoms with Gasteiger partial charge in [0.2, 0.25) is 11.5 Å². The molecule has 1 unspecified atom stereocenters. The second-order valence-electron chi connectivity index (χ2n) is 3.01. The number of pyridine rings is 1. The predicted molar refractivity (Wildman–Crippen MR) is 49.9 cm³/mol. The number of carbonyl (C=O) groups excluding carboxylic acids is 1. The first kappa shape index (κ1) is 8.69. The number of rotatable bonds is 1. The van der Waals surface area contributed by atoms with Crippen LogP contribution in [0.25, 0.3) is 0 Å². The summed E-state index contributed by atoms with van der Waals surface area (Å²) in [6, 6.07) is 5.31. The molecule has 1 aliphatic carbocycles. The Morgan fingerprint density at radius 1 is 1.29 bits per heavy atom. The summed E-state index contributed by atoms with van der Waals surface area (Å²) >= 11 is 0. The summed E-state index contributed by atoms with van der Waals surface area (Å²) < 4.78 is 0. The lowest BCUT2D eigenvalue weighted by molar-refractivity contribution is -0.119. The average molecular weight is 186 g/mol. The second kappa shape index (κ2) is 3.46. The van der Waals surface area contributed by atoms with E-state index >= 15 is 0 Å². The minimum atomic E-state index is -0.506. The van der Waals surface area contributed by atoms with Gasteiger partial charge in [0.15, 0.2) is 0 Å². The molecule has 1 aliphatic rings. The summed E-state index contributed by atoms with van der Waals surface area (Å²) in [6.07, 6.45) is 6.18. The number of hydrogen-bond donors (Lipinski definition) is 0. The molecule has 0 aromatic carbocycles. The van der Waals surface area contributed by atoms with Crippen molar-refractivity contribution in [3.63, 3.8) is 0 Å². The summed E-state index contributed by atoms with van der Waals surface area (Å²) in [5.74, 6) is -1.37. The molecule has 2 rings (SSSR count). The summed E-state index contributed by atoms with van der Waals surface area (Å²) in [4.78, 5) is 15.5. The Hall–Kier alpha value is -1.90. The third-order valence-corrected chi connectivity index (χ3v) is 2.08. The van der Waals surface area contributed by atoms with Crippen molar-refractivity contribution in [2.75, 3.05) is 0 Å². The van der Waals surface area contributed by atoms with Crippen LogP contribution in [-0.2, 0) is 9.90 Å². The number of carbonyl (C=O) groups is 1. The Bertz CT molecular complexity index is 407. The maximum atomic E-state index is 11.5. The Kier molecular flexibility index (Phi) is 2.14. The lowest BCUT2D eigenvalue weighted by atomic mass is 9.94. The molecule has 1 atom stereocenters. The van der Waals surface area contributed by atoms with Gasteiger partial charge in [0.05, 0.1) is 11.6 Å². The van der Waals surface area contributed by atoms with Crippen LogP contribution in [0.5, 0.6) is 0 Å². The molecular weight excluding hydrogens is 178 g/mol. The van der Waals surface area contributed by atoms with Gasteiger partial charge in [-0.1, -0.05) is 18.2 Å². The van der Waals surface area contributed by atoms with Crippen molar-refractivity contribution >= 4 is 5.78 Å². The monoisotopic (exact) mass is 186 g/mol. The molecule has 0 N–H and O–H groups in total. The number of Topliss-reactive ketones (excluding diaryl/α,β-unsaturated/α-hetero) is 1. The summed E-state index contributed by atoms with van der Waals surface area (Å²) in [5, 5.41) is 11.1. The smallest absolute Gasteiger partial charge is 0.222 e. The van der Waals surface area contributed by atoms with Crippen molar-refractivity contribution in [3.05, 3.63) is 54.1 Å². The zero-order chi connectivity index (χ0) is 9.97. The van der Waals surface area contributed by atoms with E-state index in [2.05, 4.69) is 4.98 Å². The zero-order valence-corrected chi connectivity index (χ0v) is 7.38. The van der Waals surface area contributed by atoms with E-state index < -0.39 is 17.5 Å². The molecule has 69 valence electrons. The minimum Gasteiger partial charge on any atom is -0.289 e. The Balaban J connectivity index is 2.34. The van der Waals surface area contributed by atoms with Crippen molar-refractivity contribution in [3.8, 4) is 0 Å². The van der Waals surface area contributed by atoms with Crippen molar-refractivity contribution in [2.24, 2.45) is 0 Å². The largest absolute Gasteiger partial charge is 0.289 e. The van der Waals surface area contributed by atoms with Crippen LogP contribution in [-0.4, -0.2) is 10.8 Å². The molecule has 0 amide bonds. The van der Waals surface area contributed by atoms with E-state index in [-0.39, 0.29) is 0 Å². The molecule has 3 heteroatoms. The number of nitrogens with zero attached hydrogens (tertiary/aromatic N) is 1. The molecule has 0 fully saturated rings. The first-order valence-corrected chi connectivity index (χ1v) is 4.29. The van der Waals surface area contributed by atoms with E-state index in [0.29, 0.717) is 5.69 Å². The van der Waals surface area contributed by atoms with Gasteiger partial charge in [-0.15, -0.1) is 0 Å². The number of aromatic nitrogens is 1. The van der Waals surface area contributed by atoms with E-state index in [1.165, 1.54) is 6.08 Å². The average Bonchev–Trinajstić information content (AvgIpc) is 2.23. The predicted octanol–water partition coefficient (Wildman–Crippen LogP) is 1.62. The van der Waals surface area contributed by atoms with Crippen molar-refractivity contribution in [1.82, 2.24) is 4.98 Å². The van der Waals surface area contributed by atoms with Crippen LogP contribution in [0, 0.1) is 0 Å². The normalized spacial score (nSPS) is 20.7. The molecule has 0 spiro atoms. The lowest BCUT2D eigenvalue weighted by Crippen LogP contribution is -2.15. The van der Waals surface area contributed by atoms with Gasteiger partial charge in [0, 0.05) is 6.20 Å². The standard InChI is InChI=1S/C11H8NO2/c13-10-6-3-4-8(11(10)14)9-5-1-2-7-12-9/h1-8H. The molecule has 3 nitrogen and oxygen atoms in total. The molecule has 0 bridgehead atoms. The van der Waals surface area contributed by atoms with E-state index in [1.807, 2.05) is 0 Å². The van der Waals surface area contributed by atoms with Crippen LogP contribution in [0.2, 0.25) is 0 Å². The molecule has 0 aliphatic heterocycles. The maximum absolute atomic E-state index is 11.5. The van der Waals surface area contributed by atoms with Crippen LogP contribution in [0.3, 0.4) is 0 Å². The molecule has 1 radical (unpaired) electrons. The van der Waals surface area contributed by atoms with E-state index in [0.717, 1.165) is 0 Å². The number of hydrogen-bond acceptors (Lipinski definition) is 2. The molecule has 1 aromatic rings. The minimum absolute atomic E-state index is 0.411. The van der Waals surface area contributed by atoms with E-state index in [9.17, 15) is 9.90 Å². The third-order valence-electron chi connectivity index (χ3n) is 2.08. The lowest BCUT2D eigenvalue weighted by Gasteiger charge is -2.11. The fraction of sp³-hybridized carbons (Fsp3) is 0.0909. The Labute approximate surface area is 81.4 Å². The fourth-order valence-electron chi connectivity index (χ4n) is 1.37. The summed E-state index contributed by atoms with van der Waals surface area (Å²) in [5.41, 5.74) is 0.621. The molecule has 14 heavy (non-hydrogen) atoms. The highest BCUT2D eigenvalue weighted by Crippen LogP contribution is 2.22. The summed E-state index contributed by atoms with van der Waals surface area (Å²) in [6.45, 7) is 0. The molecular formula is C11H8NO2. The Morgan fingerprint density at radius 2 is 2.14 bits per heavy atom. The van der Waals surface area contributed by atoms with Gasteiger partial charge in [-0.3, -0.25) is 14.9 Å². The molecule has 1 heterocycles. The van der Waals surface area contributed by atoms with Crippen molar-refractivity contribution < 1.29 is 9.90 Å². The molecule has 0 saturated carbocycles. The van der Waals surface area contributed by atoms with Crippen molar-refractivity contribution in [2.45, 2.75) is 5.92 Å². The maximum Gasteiger partial charge on any atom is 0.222 e. The van der Waals surface area contributed by atoms with Gasteiger partial charge >= 0.3 is 0 Å². The van der Waals surface area contributed by atoms with E-state index in [4.69, 9.17) is 0 Å². The highest BCUT2D eigenvalue weighted by atomic mass is 16.3. The highest BCUT2D eigenvalue weighted by Gasteiger charge is 2.25. The van der Waals surface area contributed by atoms with Crippen LogP contribution >= 0.6 is 0 Å². The molecule has 0 saturated heterocycles. The highest BCUT2D eigenvalue weighted by molar-refractivity contribution is 6.00. The summed E-state index contributed by atoms with van der Waals surface area (Å²) in [7, 11) is 0. The second-order valence-corrected chi connectivity index (χ2v) is 3.01. The topological polar surface area (TPSA) is 49.9 Å². The van der Waals surface area contributed by atoms with Crippen LogP contribution in [0.1, 0.15) is 11.6 Å². The molecule has 1 aromatic heterocycles. The van der Waals surface area contributed by atoms with E-state index in [1.54, 1.807) is 36.5 Å². The SMILES string of the molecule is [O]C1=CC=CC(c2ccccn2)C1=O. The number of ketones is 1. The van der Waals surface area contributed by atoms with Gasteiger partial charge < -0.3 is 0 Å². The van der Waals surface area contributed by atoms with Gasteiger partial charge in [0.25, 0.3) is 0 Å². The third kappa shape index (κ3) is 1.44.